The van der Waals surface area contributed by atoms with Gasteiger partial charge in [-0.2, -0.15) is 0 Å². The molecule has 0 fully saturated rings. The van der Waals surface area contributed by atoms with Crippen LogP contribution in [0.2, 0.25) is 0 Å². The van der Waals surface area contributed by atoms with Crippen molar-refractivity contribution >= 4 is 23.3 Å². The molecule has 2 aromatic carbocycles. The van der Waals surface area contributed by atoms with Gasteiger partial charge in [-0.1, -0.05) is 38.1 Å². The first-order valence-corrected chi connectivity index (χ1v) is 8.24. The van der Waals surface area contributed by atoms with Crippen LogP contribution in [0.25, 0.3) is 0 Å². The van der Waals surface area contributed by atoms with Crippen molar-refractivity contribution in [3.05, 3.63) is 59.2 Å². The number of aryl methyl sites for hydroxylation is 1. The van der Waals surface area contributed by atoms with E-state index >= 15 is 0 Å². The standard InChI is InChI=1S/C20H24N2O3/c1-13(2)17-10-5-7-14(3)19(17)21-12-18(23)22-16-9-6-8-15(11-16)20(24)25-4/h5-11,13,21H,12H2,1-4H3,(H,22,23). The fourth-order valence-electron chi connectivity index (χ4n) is 2.63. The molecule has 0 saturated carbocycles. The highest BCUT2D eigenvalue weighted by atomic mass is 16.5. The summed E-state index contributed by atoms with van der Waals surface area (Å²) in [5.41, 5.74) is 4.24. The quantitative estimate of drug-likeness (QED) is 0.781. The smallest absolute Gasteiger partial charge is 0.337 e. The summed E-state index contributed by atoms with van der Waals surface area (Å²) in [6.45, 7) is 6.41. The molecule has 132 valence electrons. The monoisotopic (exact) mass is 340 g/mol. The summed E-state index contributed by atoms with van der Waals surface area (Å²) < 4.78 is 4.69. The molecule has 2 aromatic rings. The molecule has 0 bridgehead atoms. The Bertz CT molecular complexity index is 769. The van der Waals surface area contributed by atoms with Gasteiger partial charge in [0.1, 0.15) is 0 Å². The van der Waals surface area contributed by atoms with E-state index in [1.807, 2.05) is 19.1 Å². The van der Waals surface area contributed by atoms with Gasteiger partial charge in [-0.05, 0) is 42.2 Å². The van der Waals surface area contributed by atoms with E-state index in [9.17, 15) is 9.59 Å². The second-order valence-corrected chi connectivity index (χ2v) is 6.17. The Morgan fingerprint density at radius 1 is 1.12 bits per heavy atom. The van der Waals surface area contributed by atoms with Gasteiger partial charge in [0.25, 0.3) is 0 Å². The molecule has 0 unspecified atom stereocenters. The molecule has 0 atom stereocenters. The Balaban J connectivity index is 2.04. The van der Waals surface area contributed by atoms with E-state index in [1.54, 1.807) is 24.3 Å². The van der Waals surface area contributed by atoms with Crippen molar-refractivity contribution < 1.29 is 14.3 Å². The number of anilines is 2. The normalized spacial score (nSPS) is 10.4. The minimum atomic E-state index is -0.435. The number of carbonyl (C=O) groups is 2. The molecule has 1 amide bonds. The van der Waals surface area contributed by atoms with Gasteiger partial charge < -0.3 is 15.4 Å². The summed E-state index contributed by atoms with van der Waals surface area (Å²) in [5, 5.41) is 6.02. The maximum Gasteiger partial charge on any atom is 0.337 e. The van der Waals surface area contributed by atoms with Gasteiger partial charge in [-0.3, -0.25) is 4.79 Å². The maximum atomic E-state index is 12.2. The third-order valence-electron chi connectivity index (χ3n) is 3.92. The van der Waals surface area contributed by atoms with Crippen molar-refractivity contribution in [1.82, 2.24) is 0 Å². The lowest BCUT2D eigenvalue weighted by Gasteiger charge is -2.17. The zero-order valence-electron chi connectivity index (χ0n) is 15.1. The molecule has 2 N–H and O–H groups in total. The highest BCUT2D eigenvalue weighted by Gasteiger charge is 2.11. The first kappa shape index (κ1) is 18.5. The summed E-state index contributed by atoms with van der Waals surface area (Å²) in [7, 11) is 1.33. The Labute approximate surface area is 148 Å². The second-order valence-electron chi connectivity index (χ2n) is 6.17. The highest BCUT2D eigenvalue weighted by Crippen LogP contribution is 2.27. The molecule has 0 aromatic heterocycles. The number of hydrogen-bond acceptors (Lipinski definition) is 4. The Morgan fingerprint density at radius 3 is 2.52 bits per heavy atom. The fourth-order valence-corrected chi connectivity index (χ4v) is 2.63. The van der Waals surface area contributed by atoms with Crippen LogP contribution < -0.4 is 10.6 Å². The van der Waals surface area contributed by atoms with Gasteiger partial charge in [0.15, 0.2) is 0 Å². The second kappa shape index (κ2) is 8.33. The predicted molar refractivity (Wildman–Crippen MR) is 100 cm³/mol. The molecular formula is C20H24N2O3. The van der Waals surface area contributed by atoms with E-state index in [0.29, 0.717) is 17.2 Å². The van der Waals surface area contributed by atoms with E-state index in [4.69, 9.17) is 0 Å². The van der Waals surface area contributed by atoms with Crippen LogP contribution in [0.5, 0.6) is 0 Å². The molecule has 25 heavy (non-hydrogen) atoms. The molecule has 0 spiro atoms. The van der Waals surface area contributed by atoms with Crippen LogP contribution in [-0.4, -0.2) is 25.5 Å². The molecular weight excluding hydrogens is 316 g/mol. The zero-order chi connectivity index (χ0) is 18.4. The SMILES string of the molecule is COC(=O)c1cccc(NC(=O)CNc2c(C)cccc2C(C)C)c1. The number of esters is 1. The Morgan fingerprint density at radius 2 is 1.84 bits per heavy atom. The summed E-state index contributed by atoms with van der Waals surface area (Å²) in [6.07, 6.45) is 0. The number of benzene rings is 2. The number of carbonyl (C=O) groups excluding carboxylic acids is 2. The van der Waals surface area contributed by atoms with E-state index < -0.39 is 5.97 Å². The summed E-state index contributed by atoms with van der Waals surface area (Å²) in [4.78, 5) is 23.8. The summed E-state index contributed by atoms with van der Waals surface area (Å²) in [5.74, 6) is -0.252. The minimum Gasteiger partial charge on any atom is -0.465 e. The molecule has 2 rings (SSSR count). The van der Waals surface area contributed by atoms with E-state index in [1.165, 1.54) is 12.7 Å². The molecule has 0 aliphatic heterocycles. The topological polar surface area (TPSA) is 67.4 Å². The van der Waals surface area contributed by atoms with Crippen molar-refractivity contribution in [3.8, 4) is 0 Å². The first-order valence-electron chi connectivity index (χ1n) is 8.24. The van der Waals surface area contributed by atoms with Gasteiger partial charge in [0.2, 0.25) is 5.91 Å². The van der Waals surface area contributed by atoms with Gasteiger partial charge in [0.05, 0.1) is 19.2 Å². The number of rotatable bonds is 6. The van der Waals surface area contributed by atoms with Crippen molar-refractivity contribution in [2.75, 3.05) is 24.3 Å². The number of methoxy groups -OCH3 is 1. The average molecular weight is 340 g/mol. The summed E-state index contributed by atoms with van der Waals surface area (Å²) >= 11 is 0. The van der Waals surface area contributed by atoms with Gasteiger partial charge in [-0.15, -0.1) is 0 Å². The molecule has 0 radical (unpaired) electrons. The van der Waals surface area contributed by atoms with Crippen molar-refractivity contribution in [2.45, 2.75) is 26.7 Å². The van der Waals surface area contributed by atoms with Crippen LogP contribution >= 0.6 is 0 Å². The van der Waals surface area contributed by atoms with Gasteiger partial charge in [0, 0.05) is 11.4 Å². The van der Waals surface area contributed by atoms with Gasteiger partial charge in [-0.25, -0.2) is 4.79 Å². The van der Waals surface area contributed by atoms with Crippen LogP contribution in [-0.2, 0) is 9.53 Å². The first-order chi connectivity index (χ1) is 11.9. The zero-order valence-corrected chi connectivity index (χ0v) is 15.1. The number of ether oxygens (including phenoxy) is 1. The lowest BCUT2D eigenvalue weighted by atomic mass is 9.98. The Hall–Kier alpha value is -2.82. The lowest BCUT2D eigenvalue weighted by Crippen LogP contribution is -2.23. The fraction of sp³-hybridized carbons (Fsp3) is 0.300. The number of nitrogens with one attached hydrogen (secondary N) is 2. The van der Waals surface area contributed by atoms with Gasteiger partial charge >= 0.3 is 5.97 Å². The van der Waals surface area contributed by atoms with Crippen molar-refractivity contribution in [1.29, 1.82) is 0 Å². The highest BCUT2D eigenvalue weighted by molar-refractivity contribution is 5.96. The lowest BCUT2D eigenvalue weighted by molar-refractivity contribution is -0.114. The van der Waals surface area contributed by atoms with Crippen molar-refractivity contribution in [2.24, 2.45) is 0 Å². The van der Waals surface area contributed by atoms with Crippen LogP contribution in [0.3, 0.4) is 0 Å². The van der Waals surface area contributed by atoms with Crippen LogP contribution in [0.4, 0.5) is 11.4 Å². The predicted octanol–water partition coefficient (Wildman–Crippen LogP) is 3.96. The molecule has 0 heterocycles. The van der Waals surface area contributed by atoms with Crippen molar-refractivity contribution in [3.63, 3.8) is 0 Å². The molecule has 5 nitrogen and oxygen atoms in total. The van der Waals surface area contributed by atoms with Crippen LogP contribution in [0.15, 0.2) is 42.5 Å². The van der Waals surface area contributed by atoms with Crippen LogP contribution in [0, 0.1) is 6.92 Å². The maximum absolute atomic E-state index is 12.2. The molecule has 0 saturated heterocycles. The van der Waals surface area contributed by atoms with E-state index in [0.717, 1.165) is 11.3 Å². The van der Waals surface area contributed by atoms with E-state index in [-0.39, 0.29) is 12.5 Å². The number of amides is 1. The van der Waals surface area contributed by atoms with E-state index in [2.05, 4.69) is 35.3 Å². The minimum absolute atomic E-state index is 0.146. The Kier molecular flexibility index (Phi) is 6.17. The molecule has 0 aliphatic carbocycles. The third-order valence-corrected chi connectivity index (χ3v) is 3.92. The largest absolute Gasteiger partial charge is 0.465 e. The molecule has 0 aliphatic rings. The number of para-hydroxylation sites is 1. The number of hydrogen-bond donors (Lipinski definition) is 2. The summed E-state index contributed by atoms with van der Waals surface area (Å²) in [6, 6.07) is 12.8. The third kappa shape index (κ3) is 4.83. The molecule has 5 heteroatoms. The average Bonchev–Trinajstić information content (AvgIpc) is 2.59. The van der Waals surface area contributed by atoms with Crippen LogP contribution in [0.1, 0.15) is 41.3 Å².